The summed E-state index contributed by atoms with van der Waals surface area (Å²) in [7, 11) is -10.1. The van der Waals surface area contributed by atoms with Gasteiger partial charge in [0.05, 0.1) is 0 Å². The molecule has 7 nitrogen and oxygen atoms in total. The van der Waals surface area contributed by atoms with Gasteiger partial charge in [0.1, 0.15) is 0 Å². The topological polar surface area (TPSA) is 124 Å². The molecule has 0 unspecified atom stereocenters. The Kier molecular flexibility index (Phi) is 12.2. The first-order valence-corrected chi connectivity index (χ1v) is 4.59. The van der Waals surface area contributed by atoms with Gasteiger partial charge in [-0.25, -0.2) is 9.13 Å². The molecule has 0 heterocycles. The van der Waals surface area contributed by atoms with Crippen molar-refractivity contribution in [1.29, 1.82) is 0 Å². The van der Waals surface area contributed by atoms with E-state index in [0.717, 1.165) is 0 Å². The van der Waals surface area contributed by atoms with Gasteiger partial charge >= 0.3 is 87.0 Å². The summed E-state index contributed by atoms with van der Waals surface area (Å²) in [5, 5.41) is 0. The Morgan fingerprint density at radius 1 is 0.909 bits per heavy atom. The second-order valence-corrected chi connectivity index (χ2v) is 3.68. The van der Waals surface area contributed by atoms with Gasteiger partial charge in [0.25, 0.3) is 0 Å². The summed E-state index contributed by atoms with van der Waals surface area (Å²) in [6.07, 6.45) is 0. The van der Waals surface area contributed by atoms with Gasteiger partial charge in [-0.3, -0.25) is 0 Å². The molecule has 0 aromatic rings. The van der Waals surface area contributed by atoms with Crippen LogP contribution in [0.25, 0.3) is 0 Å². The third-order valence-corrected chi connectivity index (χ3v) is 1.91. The maximum atomic E-state index is 9.63. The molecule has 0 rings (SSSR count). The van der Waals surface area contributed by atoms with Gasteiger partial charge in [-0.2, -0.15) is 4.31 Å². The monoisotopic (exact) mass is 386 g/mol. The number of phosphoric acid groups is 2. The molecule has 0 bridgehead atoms. The molecule has 0 fully saturated rings. The van der Waals surface area contributed by atoms with Crippen LogP contribution >= 0.6 is 15.6 Å². The fourth-order valence-electron chi connectivity index (χ4n) is 0.139. The van der Waals surface area contributed by atoms with Crippen LogP contribution in [0.5, 0.6) is 0 Å². The van der Waals surface area contributed by atoms with Crippen molar-refractivity contribution >= 4 is 87.0 Å². The van der Waals surface area contributed by atoms with Crippen molar-refractivity contribution in [3.8, 4) is 0 Å². The molecule has 11 heavy (non-hydrogen) atoms. The van der Waals surface area contributed by atoms with Crippen molar-refractivity contribution in [2.75, 3.05) is 0 Å². The van der Waals surface area contributed by atoms with Crippen LogP contribution in [0.2, 0.25) is 0 Å². The zero-order valence-electron chi connectivity index (χ0n) is 3.91. The zero-order chi connectivity index (χ0) is 7.71. The summed E-state index contributed by atoms with van der Waals surface area (Å²) >= 11 is 0. The van der Waals surface area contributed by atoms with Crippen LogP contribution in [0.1, 0.15) is 0 Å². The molecule has 0 aliphatic heterocycles. The molecular formula is H9InO7P2Sr. The van der Waals surface area contributed by atoms with E-state index >= 15 is 0 Å². The molecule has 0 aliphatic rings. The normalized spacial score (nSPS) is 11.3. The number of hydrogen-bond donors (Lipinski definition) is 4. The molecular weight excluding hydrogens is 376 g/mol. The second kappa shape index (κ2) is 6.98. The average Bonchev–Trinajstić information content (AvgIpc) is 1.14. The summed E-state index contributed by atoms with van der Waals surface area (Å²) < 4.78 is 22.2. The summed E-state index contributed by atoms with van der Waals surface area (Å²) in [6.45, 7) is 0. The predicted octanol–water partition coefficient (Wildman–Crippen LogP) is -2.91. The Labute approximate surface area is 118 Å². The Morgan fingerprint density at radius 3 is 1.09 bits per heavy atom. The van der Waals surface area contributed by atoms with E-state index in [9.17, 15) is 9.13 Å². The summed E-state index contributed by atoms with van der Waals surface area (Å²) in [5.74, 6) is 0. The third-order valence-electron chi connectivity index (χ3n) is 0.213. The molecule has 0 radical (unpaired) electrons. The van der Waals surface area contributed by atoms with Crippen molar-refractivity contribution in [2.45, 2.75) is 0 Å². The maximum absolute atomic E-state index is 9.63. The van der Waals surface area contributed by atoms with E-state index < -0.39 is 15.6 Å². The van der Waals surface area contributed by atoms with E-state index in [1.165, 1.54) is 0 Å². The molecule has 11 heteroatoms. The Balaban J connectivity index is -0.000000320. The molecule has 0 spiro atoms. The molecule has 4 N–H and O–H groups in total. The molecule has 0 saturated heterocycles. The third kappa shape index (κ3) is 19.1. The summed E-state index contributed by atoms with van der Waals surface area (Å²) in [5.41, 5.74) is 0. The zero-order valence-corrected chi connectivity index (χ0v) is 5.70. The quantitative estimate of drug-likeness (QED) is 0.297. The van der Waals surface area contributed by atoms with E-state index in [0.29, 0.717) is 0 Å². The van der Waals surface area contributed by atoms with Crippen LogP contribution in [0.3, 0.4) is 0 Å². The van der Waals surface area contributed by atoms with Crippen molar-refractivity contribution in [3.05, 3.63) is 0 Å². The fourth-order valence-corrected chi connectivity index (χ4v) is 1.25. The average molecular weight is 385 g/mol. The van der Waals surface area contributed by atoms with Gasteiger partial charge in [-0.15, -0.1) is 0 Å². The molecule has 0 aliphatic carbocycles. The van der Waals surface area contributed by atoms with Gasteiger partial charge in [-0.05, 0) is 0 Å². The fraction of sp³-hybridized carbons (Fsp3) is 0. The number of rotatable bonds is 2. The van der Waals surface area contributed by atoms with Gasteiger partial charge in [0.15, 0.2) is 0 Å². The Hall–Kier alpha value is 2.61. The molecule has 0 saturated carbocycles. The Morgan fingerprint density at radius 2 is 1.09 bits per heavy atom. The van der Waals surface area contributed by atoms with Crippen LogP contribution in [-0.2, 0) is 13.4 Å². The Bertz CT molecular complexity index is 157. The summed E-state index contributed by atoms with van der Waals surface area (Å²) in [4.78, 5) is 31.0. The molecule has 66 valence electrons. The first-order valence-electron chi connectivity index (χ1n) is 1.53. The van der Waals surface area contributed by atoms with Crippen LogP contribution < -0.4 is 0 Å². The molecule has 0 atom stereocenters. The summed E-state index contributed by atoms with van der Waals surface area (Å²) in [6, 6.07) is 0. The minimum absolute atomic E-state index is 0. The van der Waals surface area contributed by atoms with Crippen molar-refractivity contribution in [2.24, 2.45) is 0 Å². The van der Waals surface area contributed by atoms with Crippen molar-refractivity contribution in [3.63, 3.8) is 0 Å². The first kappa shape index (κ1) is 19.2. The second-order valence-electron chi connectivity index (χ2n) is 1.06. The van der Waals surface area contributed by atoms with Crippen molar-refractivity contribution < 1.29 is 33.0 Å². The molecule has 0 aromatic heterocycles. The SMILES string of the molecule is O=P(O)(O)OP(=O)(O)O.[InH3].[SrH2]. The van der Waals surface area contributed by atoms with E-state index in [4.69, 9.17) is 19.6 Å². The van der Waals surface area contributed by atoms with Crippen LogP contribution in [0, 0.1) is 0 Å². The van der Waals surface area contributed by atoms with E-state index in [1.54, 1.807) is 0 Å². The van der Waals surface area contributed by atoms with Gasteiger partial charge in [0.2, 0.25) is 0 Å². The standard InChI is InChI=1S/In.H4O7P2.Sr.5H/c;1-8(2,3)7-9(4,5)6;;;;;;/h;(H2,1,2,3)(H2,4,5,6);;;;;;. The van der Waals surface area contributed by atoms with Gasteiger partial charge in [-0.1, -0.05) is 0 Å². The van der Waals surface area contributed by atoms with Gasteiger partial charge in [0, 0.05) is 0 Å². The minimum atomic E-state index is -5.05. The first-order chi connectivity index (χ1) is 3.71. The predicted molar refractivity (Wildman–Crippen MR) is 43.7 cm³/mol. The molecule has 0 amide bonds. The van der Waals surface area contributed by atoms with Crippen LogP contribution in [-0.4, -0.2) is 90.9 Å². The van der Waals surface area contributed by atoms with E-state index in [1.807, 2.05) is 0 Å². The van der Waals surface area contributed by atoms with Crippen LogP contribution in [0.4, 0.5) is 0 Å². The van der Waals surface area contributed by atoms with Crippen LogP contribution in [0.15, 0.2) is 0 Å². The molecule has 0 aromatic carbocycles. The van der Waals surface area contributed by atoms with Gasteiger partial charge < -0.3 is 19.6 Å². The van der Waals surface area contributed by atoms with E-state index in [-0.39, 0.29) is 71.3 Å². The van der Waals surface area contributed by atoms with E-state index in [2.05, 4.69) is 4.31 Å². The number of hydrogen-bond acceptors (Lipinski definition) is 3. The van der Waals surface area contributed by atoms with Crippen molar-refractivity contribution in [1.82, 2.24) is 0 Å².